The van der Waals surface area contributed by atoms with E-state index in [4.69, 9.17) is 51.1 Å². The molecule has 0 aliphatic heterocycles. The van der Waals surface area contributed by atoms with Gasteiger partial charge >= 0.3 is 17.9 Å². The molecule has 59 heavy (non-hydrogen) atoms. The van der Waals surface area contributed by atoms with Gasteiger partial charge in [-0.3, -0.25) is 0 Å². The van der Waals surface area contributed by atoms with Gasteiger partial charge in [0.05, 0.1) is 34.5 Å². The number of benzene rings is 3. The third-order valence-corrected chi connectivity index (χ3v) is 9.03. The summed E-state index contributed by atoms with van der Waals surface area (Å²) in [7, 11) is -1.22. The predicted octanol–water partition coefficient (Wildman–Crippen LogP) is 6.95. The minimum Gasteiger partial charge on any atom is -0.716 e. The lowest BCUT2D eigenvalue weighted by Gasteiger charge is -2.12. The quantitative estimate of drug-likeness (QED) is 0.0280. The number of fused-ring (bicyclic) bond motifs is 3. The van der Waals surface area contributed by atoms with Crippen molar-refractivity contribution in [3.63, 3.8) is 0 Å². The van der Waals surface area contributed by atoms with Gasteiger partial charge in [0.25, 0.3) is 10.4 Å². The van der Waals surface area contributed by atoms with E-state index in [1.54, 1.807) is 32.9 Å². The number of rotatable bonds is 18. The third-order valence-electron chi connectivity index (χ3n) is 8.65. The molecular formula is C40H37O18S-. The van der Waals surface area contributed by atoms with Crippen molar-refractivity contribution < 1.29 is 82.7 Å². The van der Waals surface area contributed by atoms with Crippen molar-refractivity contribution in [2.24, 2.45) is 0 Å². The molecule has 312 valence electrons. The molecular weight excluding hydrogens is 800 g/mol. The fourth-order valence-corrected chi connectivity index (χ4v) is 6.57. The van der Waals surface area contributed by atoms with Crippen LogP contribution in [0.5, 0.6) is 34.5 Å². The number of furan rings is 3. The van der Waals surface area contributed by atoms with Gasteiger partial charge in [-0.05, 0) is 39.0 Å². The van der Waals surface area contributed by atoms with E-state index in [0.717, 1.165) is 6.07 Å². The summed E-state index contributed by atoms with van der Waals surface area (Å²) in [6.07, 6.45) is 1.44. The highest BCUT2D eigenvalue weighted by Gasteiger charge is 2.29. The van der Waals surface area contributed by atoms with Gasteiger partial charge in [0.1, 0.15) is 59.0 Å². The van der Waals surface area contributed by atoms with Crippen LogP contribution < -0.4 is 27.9 Å². The third kappa shape index (κ3) is 8.56. The van der Waals surface area contributed by atoms with E-state index in [-0.39, 0.29) is 105 Å². The zero-order chi connectivity index (χ0) is 42.6. The van der Waals surface area contributed by atoms with Crippen molar-refractivity contribution in [1.29, 1.82) is 0 Å². The molecule has 0 unspecified atom stereocenters. The molecule has 0 N–H and O–H groups in total. The Labute approximate surface area is 335 Å². The van der Waals surface area contributed by atoms with Crippen LogP contribution in [0.2, 0.25) is 0 Å². The Morgan fingerprint density at radius 2 is 1.03 bits per heavy atom. The molecule has 6 rings (SSSR count). The van der Waals surface area contributed by atoms with Gasteiger partial charge in [-0.1, -0.05) is 12.7 Å². The van der Waals surface area contributed by atoms with Gasteiger partial charge in [0.2, 0.25) is 0 Å². The first-order valence-corrected chi connectivity index (χ1v) is 19.0. The molecule has 0 aliphatic carbocycles. The highest BCUT2D eigenvalue weighted by atomic mass is 32.3. The summed E-state index contributed by atoms with van der Waals surface area (Å²) in [6.45, 7) is 7.66. The Morgan fingerprint density at radius 1 is 0.627 bits per heavy atom. The average Bonchev–Trinajstić information content (AvgIpc) is 3.85. The summed E-state index contributed by atoms with van der Waals surface area (Å²) in [5.74, 6) is -1.89. The van der Waals surface area contributed by atoms with E-state index in [2.05, 4.69) is 10.8 Å². The number of ether oxygens (including phenoxy) is 8. The second-order valence-corrected chi connectivity index (χ2v) is 13.2. The first kappa shape index (κ1) is 41.8. The fourth-order valence-electron chi connectivity index (χ4n) is 6.22. The SMILES string of the molecule is C=CCOC(=O)c1c(C)oc2cc(OC)c(OCc3oc4cc(OC)c(OCc5oc6cc(OC)c(OS(=O)(=O)[O-])cc6c5C(=O)OCC)cc4c3C(=O)OCC)cc12. The summed E-state index contributed by atoms with van der Waals surface area (Å²) in [5, 5.41) is 0.682. The minimum absolute atomic E-state index is 0.00569. The van der Waals surface area contributed by atoms with Crippen molar-refractivity contribution in [2.75, 3.05) is 41.2 Å². The summed E-state index contributed by atoms with van der Waals surface area (Å²) in [4.78, 5) is 39.6. The molecule has 0 saturated carbocycles. The van der Waals surface area contributed by atoms with Gasteiger partial charge in [0, 0.05) is 34.4 Å². The van der Waals surface area contributed by atoms with Crippen LogP contribution in [0, 0.1) is 6.92 Å². The molecule has 0 fully saturated rings. The molecule has 0 saturated heterocycles. The van der Waals surface area contributed by atoms with E-state index in [9.17, 15) is 27.4 Å². The highest BCUT2D eigenvalue weighted by Crippen LogP contribution is 2.42. The normalized spacial score (nSPS) is 11.4. The zero-order valence-electron chi connectivity index (χ0n) is 32.5. The van der Waals surface area contributed by atoms with Crippen LogP contribution in [-0.2, 0) is 37.8 Å². The molecule has 3 aromatic carbocycles. The molecule has 0 aliphatic rings. The molecule has 18 nitrogen and oxygen atoms in total. The molecule has 3 heterocycles. The molecule has 3 aromatic heterocycles. The largest absolute Gasteiger partial charge is 0.716 e. The monoisotopic (exact) mass is 837 g/mol. The molecule has 0 atom stereocenters. The van der Waals surface area contributed by atoms with Gasteiger partial charge in [0.15, 0.2) is 46.0 Å². The summed E-state index contributed by atoms with van der Waals surface area (Å²) >= 11 is 0. The van der Waals surface area contributed by atoms with Gasteiger partial charge in [-0.15, -0.1) is 0 Å². The van der Waals surface area contributed by atoms with Crippen LogP contribution in [0.25, 0.3) is 32.9 Å². The molecule has 0 spiro atoms. The van der Waals surface area contributed by atoms with Crippen molar-refractivity contribution in [3.8, 4) is 34.5 Å². The second kappa shape index (κ2) is 17.3. The fraction of sp³-hybridized carbons (Fsp3) is 0.275. The van der Waals surface area contributed by atoms with Crippen LogP contribution >= 0.6 is 0 Å². The van der Waals surface area contributed by atoms with Crippen LogP contribution in [-0.4, -0.2) is 72.0 Å². The lowest BCUT2D eigenvalue weighted by atomic mass is 10.1. The van der Waals surface area contributed by atoms with E-state index >= 15 is 0 Å². The molecule has 0 bridgehead atoms. The Kier molecular flexibility index (Phi) is 12.3. The first-order valence-electron chi connectivity index (χ1n) is 17.7. The van der Waals surface area contributed by atoms with Crippen LogP contribution in [0.4, 0.5) is 0 Å². The zero-order valence-corrected chi connectivity index (χ0v) is 33.4. The van der Waals surface area contributed by atoms with Crippen molar-refractivity contribution >= 4 is 61.2 Å². The number of methoxy groups -OCH3 is 3. The first-order chi connectivity index (χ1) is 28.2. The summed E-state index contributed by atoms with van der Waals surface area (Å²) in [6, 6.07) is 8.37. The van der Waals surface area contributed by atoms with Crippen molar-refractivity contribution in [1.82, 2.24) is 0 Å². The van der Waals surface area contributed by atoms with E-state index in [1.165, 1.54) is 45.6 Å². The lowest BCUT2D eigenvalue weighted by molar-refractivity contribution is 0.0513. The lowest BCUT2D eigenvalue weighted by Crippen LogP contribution is -2.10. The summed E-state index contributed by atoms with van der Waals surface area (Å²) in [5.41, 5.74) is 0.639. The Morgan fingerprint density at radius 3 is 1.46 bits per heavy atom. The average molecular weight is 838 g/mol. The smallest absolute Gasteiger partial charge is 0.342 e. The van der Waals surface area contributed by atoms with E-state index in [0.29, 0.717) is 16.7 Å². The molecule has 0 amide bonds. The Hall–Kier alpha value is -6.86. The van der Waals surface area contributed by atoms with Gasteiger partial charge < -0.3 is 59.9 Å². The Balaban J connectivity index is 1.38. The second-order valence-electron chi connectivity index (χ2n) is 12.2. The highest BCUT2D eigenvalue weighted by molar-refractivity contribution is 7.81. The van der Waals surface area contributed by atoms with Crippen LogP contribution in [0.1, 0.15) is 62.2 Å². The van der Waals surface area contributed by atoms with Crippen molar-refractivity contribution in [3.05, 3.63) is 83.0 Å². The number of aryl methyl sites for hydroxylation is 1. The molecule has 6 aromatic rings. The predicted molar refractivity (Wildman–Crippen MR) is 204 cm³/mol. The van der Waals surface area contributed by atoms with E-state index < -0.39 is 40.7 Å². The Bertz CT molecular complexity index is 2700. The minimum atomic E-state index is -5.23. The summed E-state index contributed by atoms with van der Waals surface area (Å²) < 4.78 is 101. The van der Waals surface area contributed by atoms with Crippen LogP contribution in [0.3, 0.4) is 0 Å². The molecule has 0 radical (unpaired) electrons. The van der Waals surface area contributed by atoms with E-state index in [1.807, 2.05) is 0 Å². The molecule has 19 heteroatoms. The topological polar surface area (TPSA) is 231 Å². The number of hydrogen-bond donors (Lipinski definition) is 0. The maximum absolute atomic E-state index is 13.5. The van der Waals surface area contributed by atoms with Gasteiger partial charge in [-0.2, -0.15) is 0 Å². The van der Waals surface area contributed by atoms with Crippen LogP contribution in [0.15, 0.2) is 62.3 Å². The number of hydrogen-bond acceptors (Lipinski definition) is 18. The van der Waals surface area contributed by atoms with Gasteiger partial charge in [-0.25, -0.2) is 22.8 Å². The maximum atomic E-state index is 13.5. The standard InChI is InChI=1S/C40H38O18S/c1-8-11-52-38(41)35-20(4)55-24-15-27(47-5)30(12-21(24)35)53-18-33-36(39(42)50-9-2)22-13-31(28(48-6)16-25(22)56-33)54-19-34-37(40(43)51-10-3)23-14-32(58-59(44,45)46)29(49-7)17-26(23)57-34/h8,12-17H,1,9-11,18-19H2,2-7H3,(H,44,45,46)/p-1. The maximum Gasteiger partial charge on any atom is 0.342 e. The number of esters is 3. The number of carbonyl (C=O) groups is 3. The number of carbonyl (C=O) groups excluding carboxylic acids is 3. The van der Waals surface area contributed by atoms with Crippen molar-refractivity contribution in [2.45, 2.75) is 34.0 Å².